The SMILES string of the molecule is CCCc1cc(CO)cc(N(C)CCc2ccccn2)n1. The average molecular weight is 285 g/mol. The van der Waals surface area contributed by atoms with Crippen LogP contribution in [0, 0.1) is 0 Å². The molecule has 2 heterocycles. The Balaban J connectivity index is 2.07. The van der Waals surface area contributed by atoms with Crippen LogP contribution in [0.2, 0.25) is 0 Å². The zero-order valence-corrected chi connectivity index (χ0v) is 12.8. The van der Waals surface area contributed by atoms with E-state index in [1.165, 1.54) is 0 Å². The molecule has 0 fully saturated rings. The van der Waals surface area contributed by atoms with Gasteiger partial charge in [-0.05, 0) is 36.2 Å². The summed E-state index contributed by atoms with van der Waals surface area (Å²) < 4.78 is 0. The first-order chi connectivity index (χ1) is 10.2. The quantitative estimate of drug-likeness (QED) is 0.849. The molecule has 0 aromatic carbocycles. The lowest BCUT2D eigenvalue weighted by molar-refractivity contribution is 0.281. The molecule has 2 aromatic rings. The maximum absolute atomic E-state index is 9.39. The molecule has 0 aliphatic rings. The summed E-state index contributed by atoms with van der Waals surface area (Å²) in [6, 6.07) is 9.91. The Bertz CT molecular complexity index is 557. The fourth-order valence-electron chi connectivity index (χ4n) is 2.25. The highest BCUT2D eigenvalue weighted by Gasteiger charge is 2.07. The van der Waals surface area contributed by atoms with Crippen LogP contribution >= 0.6 is 0 Å². The van der Waals surface area contributed by atoms with Gasteiger partial charge in [0.15, 0.2) is 0 Å². The molecule has 2 rings (SSSR count). The van der Waals surface area contributed by atoms with Crippen molar-refractivity contribution in [3.8, 4) is 0 Å². The Labute approximate surface area is 126 Å². The highest BCUT2D eigenvalue weighted by molar-refractivity contribution is 5.42. The molecule has 0 unspecified atom stereocenters. The van der Waals surface area contributed by atoms with Crippen molar-refractivity contribution in [1.29, 1.82) is 0 Å². The van der Waals surface area contributed by atoms with Crippen LogP contribution in [-0.4, -0.2) is 28.7 Å². The molecule has 0 radical (unpaired) electrons. The van der Waals surface area contributed by atoms with Gasteiger partial charge in [-0.3, -0.25) is 4.98 Å². The van der Waals surface area contributed by atoms with E-state index in [-0.39, 0.29) is 6.61 Å². The van der Waals surface area contributed by atoms with E-state index < -0.39 is 0 Å². The van der Waals surface area contributed by atoms with E-state index in [0.717, 1.165) is 48.6 Å². The van der Waals surface area contributed by atoms with Crippen molar-refractivity contribution in [3.63, 3.8) is 0 Å². The minimum atomic E-state index is 0.0559. The predicted molar refractivity (Wildman–Crippen MR) is 85.4 cm³/mol. The molecule has 0 aliphatic carbocycles. The van der Waals surface area contributed by atoms with Crippen molar-refractivity contribution in [2.24, 2.45) is 0 Å². The zero-order chi connectivity index (χ0) is 15.1. The lowest BCUT2D eigenvalue weighted by atomic mass is 10.1. The van der Waals surface area contributed by atoms with Crippen LogP contribution < -0.4 is 4.90 Å². The van der Waals surface area contributed by atoms with Crippen LogP contribution in [0.3, 0.4) is 0 Å². The second kappa shape index (κ2) is 7.74. The van der Waals surface area contributed by atoms with Crippen molar-refractivity contribution >= 4 is 5.82 Å². The molecule has 0 saturated carbocycles. The van der Waals surface area contributed by atoms with Gasteiger partial charge in [0, 0.05) is 37.6 Å². The molecule has 0 amide bonds. The van der Waals surface area contributed by atoms with Crippen LogP contribution in [0.1, 0.15) is 30.3 Å². The third kappa shape index (κ3) is 4.53. The van der Waals surface area contributed by atoms with Gasteiger partial charge in [0.2, 0.25) is 0 Å². The van der Waals surface area contributed by atoms with Gasteiger partial charge in [0.05, 0.1) is 6.61 Å². The number of pyridine rings is 2. The molecule has 112 valence electrons. The molecule has 0 aliphatic heterocycles. The minimum Gasteiger partial charge on any atom is -0.392 e. The number of aryl methyl sites for hydroxylation is 1. The number of aliphatic hydroxyl groups is 1. The van der Waals surface area contributed by atoms with E-state index in [1.807, 2.05) is 43.6 Å². The first-order valence-corrected chi connectivity index (χ1v) is 7.44. The highest BCUT2D eigenvalue weighted by Crippen LogP contribution is 2.16. The first kappa shape index (κ1) is 15.4. The summed E-state index contributed by atoms with van der Waals surface area (Å²) >= 11 is 0. The molecule has 4 heteroatoms. The third-order valence-electron chi connectivity index (χ3n) is 3.43. The normalized spacial score (nSPS) is 10.6. The molecule has 0 atom stereocenters. The largest absolute Gasteiger partial charge is 0.392 e. The fraction of sp³-hybridized carbons (Fsp3) is 0.412. The minimum absolute atomic E-state index is 0.0559. The van der Waals surface area contributed by atoms with Gasteiger partial charge in [-0.2, -0.15) is 0 Å². The van der Waals surface area contributed by atoms with Crippen LogP contribution in [0.25, 0.3) is 0 Å². The molecule has 0 spiro atoms. The van der Waals surface area contributed by atoms with E-state index in [9.17, 15) is 5.11 Å². The van der Waals surface area contributed by atoms with Crippen LogP contribution in [0.4, 0.5) is 5.82 Å². The Morgan fingerprint density at radius 3 is 2.67 bits per heavy atom. The molecule has 0 bridgehead atoms. The smallest absolute Gasteiger partial charge is 0.128 e. The summed E-state index contributed by atoms with van der Waals surface area (Å²) in [5, 5.41) is 9.39. The number of rotatable bonds is 7. The van der Waals surface area contributed by atoms with Crippen LogP contribution in [-0.2, 0) is 19.4 Å². The van der Waals surface area contributed by atoms with Crippen molar-refractivity contribution in [1.82, 2.24) is 9.97 Å². The van der Waals surface area contributed by atoms with Crippen molar-refractivity contribution < 1.29 is 5.11 Å². The molecular weight excluding hydrogens is 262 g/mol. The second-order valence-electron chi connectivity index (χ2n) is 5.23. The average Bonchev–Trinajstić information content (AvgIpc) is 2.53. The molecule has 2 aromatic heterocycles. The number of nitrogens with zero attached hydrogens (tertiary/aromatic N) is 3. The van der Waals surface area contributed by atoms with Crippen molar-refractivity contribution in [2.45, 2.75) is 32.8 Å². The molecule has 21 heavy (non-hydrogen) atoms. The van der Waals surface area contributed by atoms with Gasteiger partial charge < -0.3 is 10.0 Å². The lowest BCUT2D eigenvalue weighted by Crippen LogP contribution is -2.22. The Hall–Kier alpha value is -1.94. The van der Waals surface area contributed by atoms with Crippen molar-refractivity contribution in [2.75, 3.05) is 18.5 Å². The molecule has 0 saturated heterocycles. The summed E-state index contributed by atoms with van der Waals surface area (Å²) in [6.45, 7) is 3.04. The Morgan fingerprint density at radius 1 is 1.14 bits per heavy atom. The lowest BCUT2D eigenvalue weighted by Gasteiger charge is -2.19. The number of likely N-dealkylation sites (N-methyl/N-ethyl adjacent to an activating group) is 1. The van der Waals surface area contributed by atoms with Gasteiger partial charge in [-0.15, -0.1) is 0 Å². The Kier molecular flexibility index (Phi) is 5.69. The molecular formula is C17H23N3O. The topological polar surface area (TPSA) is 49.2 Å². The summed E-state index contributed by atoms with van der Waals surface area (Å²) in [5.74, 6) is 0.918. The van der Waals surface area contributed by atoms with Gasteiger partial charge in [0.25, 0.3) is 0 Å². The van der Waals surface area contributed by atoms with E-state index in [0.29, 0.717) is 0 Å². The number of hydrogen-bond donors (Lipinski definition) is 1. The van der Waals surface area contributed by atoms with E-state index in [4.69, 9.17) is 0 Å². The number of anilines is 1. The maximum atomic E-state index is 9.39. The zero-order valence-electron chi connectivity index (χ0n) is 12.8. The monoisotopic (exact) mass is 285 g/mol. The fourth-order valence-corrected chi connectivity index (χ4v) is 2.25. The summed E-state index contributed by atoms with van der Waals surface area (Å²) in [5.41, 5.74) is 3.05. The van der Waals surface area contributed by atoms with Crippen LogP contribution in [0.5, 0.6) is 0 Å². The first-order valence-electron chi connectivity index (χ1n) is 7.44. The van der Waals surface area contributed by atoms with Crippen molar-refractivity contribution in [3.05, 3.63) is 53.5 Å². The van der Waals surface area contributed by atoms with Gasteiger partial charge in [-0.1, -0.05) is 19.4 Å². The second-order valence-corrected chi connectivity index (χ2v) is 5.23. The van der Waals surface area contributed by atoms with E-state index in [1.54, 1.807) is 0 Å². The number of hydrogen-bond acceptors (Lipinski definition) is 4. The van der Waals surface area contributed by atoms with Gasteiger partial charge >= 0.3 is 0 Å². The van der Waals surface area contributed by atoms with Crippen LogP contribution in [0.15, 0.2) is 36.5 Å². The predicted octanol–water partition coefficient (Wildman–Crippen LogP) is 2.60. The summed E-state index contributed by atoms with van der Waals surface area (Å²) in [4.78, 5) is 11.1. The van der Waals surface area contributed by atoms with E-state index >= 15 is 0 Å². The summed E-state index contributed by atoms with van der Waals surface area (Å²) in [7, 11) is 2.03. The van der Waals surface area contributed by atoms with Gasteiger partial charge in [-0.25, -0.2) is 4.98 Å². The Morgan fingerprint density at radius 2 is 2.00 bits per heavy atom. The number of aliphatic hydroxyl groups excluding tert-OH is 1. The molecule has 4 nitrogen and oxygen atoms in total. The molecule has 1 N–H and O–H groups in total. The van der Waals surface area contributed by atoms with E-state index in [2.05, 4.69) is 21.8 Å². The highest BCUT2D eigenvalue weighted by atomic mass is 16.3. The maximum Gasteiger partial charge on any atom is 0.128 e. The summed E-state index contributed by atoms with van der Waals surface area (Å²) in [6.07, 6.45) is 4.69. The standard InChI is InChI=1S/C17H23N3O/c1-3-6-16-11-14(13-21)12-17(19-16)20(2)10-8-15-7-4-5-9-18-15/h4-5,7,9,11-12,21H,3,6,8,10,13H2,1-2H3. The third-order valence-corrected chi connectivity index (χ3v) is 3.43. The van der Waals surface area contributed by atoms with Gasteiger partial charge in [0.1, 0.15) is 5.82 Å². The number of aromatic nitrogens is 2.